The molecule has 1 N–H and O–H groups in total. The molecule has 0 aromatic carbocycles. The van der Waals surface area contributed by atoms with Gasteiger partial charge in [-0.25, -0.2) is 0 Å². The molecule has 0 aliphatic carbocycles. The molecule has 90 valence electrons. The summed E-state index contributed by atoms with van der Waals surface area (Å²) in [4.78, 5) is 13.6. The molecule has 0 heterocycles. The Morgan fingerprint density at radius 3 is 2.27 bits per heavy atom. The van der Waals surface area contributed by atoms with Gasteiger partial charge in [-0.1, -0.05) is 20.3 Å². The first kappa shape index (κ1) is 14.4. The molecule has 0 aromatic heterocycles. The minimum absolute atomic E-state index is 0.147. The SMILES string of the molecule is CCC(C)CC(=O)N(CC)CC(C)(C)O. The summed E-state index contributed by atoms with van der Waals surface area (Å²) < 4.78 is 0. The van der Waals surface area contributed by atoms with Crippen molar-refractivity contribution in [3.05, 3.63) is 0 Å². The summed E-state index contributed by atoms with van der Waals surface area (Å²) >= 11 is 0. The first-order valence-electron chi connectivity index (χ1n) is 5.80. The fraction of sp³-hybridized carbons (Fsp3) is 0.917. The maximum atomic E-state index is 11.8. The predicted molar refractivity (Wildman–Crippen MR) is 62.6 cm³/mol. The summed E-state index contributed by atoms with van der Waals surface area (Å²) in [5.74, 6) is 0.572. The van der Waals surface area contributed by atoms with E-state index in [4.69, 9.17) is 0 Å². The molecular weight excluding hydrogens is 190 g/mol. The Morgan fingerprint density at radius 2 is 1.93 bits per heavy atom. The van der Waals surface area contributed by atoms with Crippen molar-refractivity contribution in [1.29, 1.82) is 0 Å². The number of aliphatic hydroxyl groups is 1. The molecule has 15 heavy (non-hydrogen) atoms. The zero-order chi connectivity index (χ0) is 12.1. The minimum Gasteiger partial charge on any atom is -0.389 e. The molecule has 0 aromatic rings. The van der Waals surface area contributed by atoms with Crippen LogP contribution >= 0.6 is 0 Å². The molecule has 0 aliphatic heterocycles. The quantitative estimate of drug-likeness (QED) is 0.736. The van der Waals surface area contributed by atoms with Gasteiger partial charge in [0.15, 0.2) is 0 Å². The highest BCUT2D eigenvalue weighted by atomic mass is 16.3. The molecular formula is C12H25NO2. The Kier molecular flexibility index (Phi) is 5.88. The highest BCUT2D eigenvalue weighted by Gasteiger charge is 2.21. The van der Waals surface area contributed by atoms with Crippen molar-refractivity contribution in [1.82, 2.24) is 4.90 Å². The second-order valence-electron chi connectivity index (χ2n) is 4.94. The third-order valence-electron chi connectivity index (χ3n) is 2.53. The van der Waals surface area contributed by atoms with Gasteiger partial charge in [-0.05, 0) is 26.7 Å². The van der Waals surface area contributed by atoms with E-state index in [-0.39, 0.29) is 5.91 Å². The van der Waals surface area contributed by atoms with Crippen molar-refractivity contribution in [2.75, 3.05) is 13.1 Å². The van der Waals surface area contributed by atoms with Gasteiger partial charge in [0.25, 0.3) is 0 Å². The van der Waals surface area contributed by atoms with Gasteiger partial charge in [0.2, 0.25) is 5.91 Å². The second kappa shape index (κ2) is 6.11. The van der Waals surface area contributed by atoms with Gasteiger partial charge in [-0.2, -0.15) is 0 Å². The summed E-state index contributed by atoms with van der Waals surface area (Å²) in [7, 11) is 0. The molecule has 3 nitrogen and oxygen atoms in total. The number of rotatable bonds is 6. The van der Waals surface area contributed by atoms with Crippen molar-refractivity contribution in [2.45, 2.75) is 53.1 Å². The van der Waals surface area contributed by atoms with Crippen LogP contribution in [0, 0.1) is 5.92 Å². The lowest BCUT2D eigenvalue weighted by Crippen LogP contribution is -2.42. The summed E-state index contributed by atoms with van der Waals surface area (Å²) in [5.41, 5.74) is -0.804. The third-order valence-corrected chi connectivity index (χ3v) is 2.53. The van der Waals surface area contributed by atoms with E-state index in [1.54, 1.807) is 18.7 Å². The normalized spacial score (nSPS) is 13.7. The minimum atomic E-state index is -0.804. The van der Waals surface area contributed by atoms with Gasteiger partial charge in [-0.3, -0.25) is 4.79 Å². The van der Waals surface area contributed by atoms with E-state index in [0.717, 1.165) is 6.42 Å². The highest BCUT2D eigenvalue weighted by Crippen LogP contribution is 2.11. The number of hydrogen-bond donors (Lipinski definition) is 1. The molecule has 0 bridgehead atoms. The Bertz CT molecular complexity index is 196. The van der Waals surface area contributed by atoms with Gasteiger partial charge in [0, 0.05) is 19.5 Å². The van der Waals surface area contributed by atoms with Crippen LogP contribution in [0.4, 0.5) is 0 Å². The summed E-state index contributed by atoms with van der Waals surface area (Å²) in [6.07, 6.45) is 1.60. The molecule has 0 saturated heterocycles. The zero-order valence-electron chi connectivity index (χ0n) is 10.7. The van der Waals surface area contributed by atoms with Crippen LogP contribution in [0.5, 0.6) is 0 Å². The number of amides is 1. The van der Waals surface area contributed by atoms with Crippen molar-refractivity contribution >= 4 is 5.91 Å². The number of carbonyl (C=O) groups is 1. The smallest absolute Gasteiger partial charge is 0.222 e. The Hall–Kier alpha value is -0.570. The van der Waals surface area contributed by atoms with Crippen molar-refractivity contribution in [3.63, 3.8) is 0 Å². The maximum absolute atomic E-state index is 11.8. The Balaban J connectivity index is 4.23. The molecule has 1 amide bonds. The van der Waals surface area contributed by atoms with E-state index in [0.29, 0.717) is 25.4 Å². The van der Waals surface area contributed by atoms with Crippen LogP contribution < -0.4 is 0 Å². The van der Waals surface area contributed by atoms with Crippen LogP contribution in [0.2, 0.25) is 0 Å². The molecule has 0 saturated carbocycles. The average molecular weight is 215 g/mol. The lowest BCUT2D eigenvalue weighted by atomic mass is 10.0. The molecule has 1 unspecified atom stereocenters. The lowest BCUT2D eigenvalue weighted by Gasteiger charge is -2.28. The molecule has 1 atom stereocenters. The van der Waals surface area contributed by atoms with E-state index >= 15 is 0 Å². The monoisotopic (exact) mass is 215 g/mol. The van der Waals surface area contributed by atoms with Crippen LogP contribution in [-0.2, 0) is 4.79 Å². The first-order valence-corrected chi connectivity index (χ1v) is 5.80. The summed E-state index contributed by atoms with van der Waals surface area (Å²) in [6.45, 7) is 10.6. The van der Waals surface area contributed by atoms with Crippen molar-refractivity contribution < 1.29 is 9.90 Å². The van der Waals surface area contributed by atoms with Crippen LogP contribution in [-0.4, -0.2) is 34.6 Å². The van der Waals surface area contributed by atoms with E-state index in [1.807, 2.05) is 6.92 Å². The maximum Gasteiger partial charge on any atom is 0.222 e. The fourth-order valence-corrected chi connectivity index (χ4v) is 1.41. The summed E-state index contributed by atoms with van der Waals surface area (Å²) in [5, 5.41) is 9.67. The summed E-state index contributed by atoms with van der Waals surface area (Å²) in [6, 6.07) is 0. The largest absolute Gasteiger partial charge is 0.389 e. The van der Waals surface area contributed by atoms with Crippen LogP contribution in [0.15, 0.2) is 0 Å². The number of carbonyl (C=O) groups excluding carboxylic acids is 1. The standard InChI is InChI=1S/C12H25NO2/c1-6-10(3)8-11(14)13(7-2)9-12(4,5)15/h10,15H,6-9H2,1-5H3. The van der Waals surface area contributed by atoms with Crippen LogP contribution in [0.25, 0.3) is 0 Å². The van der Waals surface area contributed by atoms with E-state index in [1.165, 1.54) is 0 Å². The van der Waals surface area contributed by atoms with Gasteiger partial charge in [0.1, 0.15) is 0 Å². The Labute approximate surface area is 93.5 Å². The Morgan fingerprint density at radius 1 is 1.40 bits per heavy atom. The van der Waals surface area contributed by atoms with Gasteiger partial charge < -0.3 is 10.0 Å². The van der Waals surface area contributed by atoms with E-state index in [2.05, 4.69) is 13.8 Å². The van der Waals surface area contributed by atoms with E-state index in [9.17, 15) is 9.90 Å². The van der Waals surface area contributed by atoms with Crippen LogP contribution in [0.1, 0.15) is 47.5 Å². The van der Waals surface area contributed by atoms with Crippen molar-refractivity contribution in [3.8, 4) is 0 Å². The molecule has 0 spiro atoms. The van der Waals surface area contributed by atoms with E-state index < -0.39 is 5.60 Å². The topological polar surface area (TPSA) is 40.5 Å². The molecule has 0 aliphatic rings. The van der Waals surface area contributed by atoms with Crippen LogP contribution in [0.3, 0.4) is 0 Å². The predicted octanol–water partition coefficient (Wildman–Crippen LogP) is 2.04. The number of nitrogens with zero attached hydrogens (tertiary/aromatic N) is 1. The number of hydrogen-bond acceptors (Lipinski definition) is 2. The highest BCUT2D eigenvalue weighted by molar-refractivity contribution is 5.76. The molecule has 0 fully saturated rings. The molecule has 0 radical (unpaired) electrons. The average Bonchev–Trinajstić information content (AvgIpc) is 2.12. The van der Waals surface area contributed by atoms with Crippen molar-refractivity contribution in [2.24, 2.45) is 5.92 Å². The van der Waals surface area contributed by atoms with Gasteiger partial charge >= 0.3 is 0 Å². The molecule has 0 rings (SSSR count). The first-order chi connectivity index (χ1) is 6.80. The second-order valence-corrected chi connectivity index (χ2v) is 4.94. The zero-order valence-corrected chi connectivity index (χ0v) is 10.7. The van der Waals surface area contributed by atoms with Gasteiger partial charge in [0.05, 0.1) is 5.60 Å². The van der Waals surface area contributed by atoms with Gasteiger partial charge in [-0.15, -0.1) is 0 Å². The lowest BCUT2D eigenvalue weighted by molar-refractivity contribution is -0.134. The third kappa shape index (κ3) is 6.50. The molecule has 3 heteroatoms. The fourth-order valence-electron chi connectivity index (χ4n) is 1.41. The number of likely N-dealkylation sites (N-methyl/N-ethyl adjacent to an activating group) is 1.